The van der Waals surface area contributed by atoms with Crippen molar-refractivity contribution in [3.8, 4) is 0 Å². The summed E-state index contributed by atoms with van der Waals surface area (Å²) in [6.45, 7) is 2.07. The highest BCUT2D eigenvalue weighted by molar-refractivity contribution is 6.42. The summed E-state index contributed by atoms with van der Waals surface area (Å²) in [5, 5.41) is 0.715. The van der Waals surface area contributed by atoms with Crippen LogP contribution in [0.2, 0.25) is 10.0 Å². The van der Waals surface area contributed by atoms with Gasteiger partial charge >= 0.3 is 5.69 Å². The van der Waals surface area contributed by atoms with Gasteiger partial charge in [0.25, 0.3) is 5.56 Å². The Labute approximate surface area is 182 Å². The molecule has 7 nitrogen and oxygen atoms in total. The zero-order valence-electron chi connectivity index (χ0n) is 16.2. The van der Waals surface area contributed by atoms with E-state index in [4.69, 9.17) is 28.9 Å². The summed E-state index contributed by atoms with van der Waals surface area (Å²) < 4.78 is 1.24. The van der Waals surface area contributed by atoms with Crippen molar-refractivity contribution in [3.63, 3.8) is 0 Å². The fourth-order valence-electron chi connectivity index (χ4n) is 3.14. The lowest BCUT2D eigenvalue weighted by molar-refractivity contribution is -0.117. The second-order valence-corrected chi connectivity index (χ2v) is 7.44. The van der Waals surface area contributed by atoms with Crippen LogP contribution >= 0.6 is 23.2 Å². The molecule has 3 N–H and O–H groups in total. The molecule has 0 spiro atoms. The first kappa shape index (κ1) is 21.7. The second-order valence-electron chi connectivity index (χ2n) is 6.63. The summed E-state index contributed by atoms with van der Waals surface area (Å²) in [7, 11) is 0. The van der Waals surface area contributed by atoms with Crippen molar-refractivity contribution in [3.05, 3.63) is 90.5 Å². The molecule has 1 aromatic heterocycles. The zero-order chi connectivity index (χ0) is 21.8. The molecule has 156 valence electrons. The van der Waals surface area contributed by atoms with E-state index in [1.807, 2.05) is 30.3 Å². The van der Waals surface area contributed by atoms with Gasteiger partial charge in [0.2, 0.25) is 5.91 Å². The van der Waals surface area contributed by atoms with Gasteiger partial charge in [0.1, 0.15) is 5.82 Å². The lowest BCUT2D eigenvalue weighted by Gasteiger charge is -2.23. The molecule has 0 bridgehead atoms. The average molecular weight is 447 g/mol. The van der Waals surface area contributed by atoms with Crippen molar-refractivity contribution in [2.45, 2.75) is 19.9 Å². The van der Waals surface area contributed by atoms with Crippen LogP contribution in [0.1, 0.15) is 18.1 Å². The Kier molecular flexibility index (Phi) is 6.64. The number of anilines is 2. The molecule has 0 radical (unpaired) electrons. The minimum Gasteiger partial charge on any atom is -0.383 e. The Hall–Kier alpha value is -3.03. The predicted molar refractivity (Wildman–Crippen MR) is 119 cm³/mol. The van der Waals surface area contributed by atoms with E-state index in [0.717, 1.165) is 5.56 Å². The second kappa shape index (κ2) is 9.19. The maximum absolute atomic E-state index is 13.0. The number of benzene rings is 2. The summed E-state index contributed by atoms with van der Waals surface area (Å²) >= 11 is 11.9. The Morgan fingerprint density at radius 3 is 2.40 bits per heavy atom. The monoisotopic (exact) mass is 446 g/mol. The molecule has 0 aliphatic rings. The molecule has 0 saturated carbocycles. The third-order valence-corrected chi connectivity index (χ3v) is 5.36. The molecule has 2 aromatic carbocycles. The number of H-pyrrole nitrogens is 1. The van der Waals surface area contributed by atoms with E-state index >= 15 is 0 Å². The first-order valence-corrected chi connectivity index (χ1v) is 9.98. The van der Waals surface area contributed by atoms with Crippen LogP contribution in [-0.4, -0.2) is 22.0 Å². The topological polar surface area (TPSA) is 101 Å². The van der Waals surface area contributed by atoms with Crippen molar-refractivity contribution in [1.29, 1.82) is 0 Å². The standard InChI is InChI=1S/C21H20Cl2N4O3/c1-2-26(17(28)11-14-8-9-15(22)16(23)10-14)18-19(24)27(21(30)25-20(18)29)12-13-6-4-3-5-7-13/h3-10H,2,11-12,24H2,1H3,(H,25,29,30). The van der Waals surface area contributed by atoms with Crippen LogP contribution in [0, 0.1) is 0 Å². The molecule has 3 aromatic rings. The van der Waals surface area contributed by atoms with Crippen LogP contribution < -0.4 is 21.9 Å². The van der Waals surface area contributed by atoms with Gasteiger partial charge in [0.15, 0.2) is 5.69 Å². The van der Waals surface area contributed by atoms with Crippen LogP contribution in [0.4, 0.5) is 11.5 Å². The Balaban J connectivity index is 1.98. The molecule has 0 saturated heterocycles. The molecule has 0 unspecified atom stereocenters. The van der Waals surface area contributed by atoms with Gasteiger partial charge in [-0.15, -0.1) is 0 Å². The number of hydrogen-bond acceptors (Lipinski definition) is 4. The van der Waals surface area contributed by atoms with Gasteiger partial charge in [0, 0.05) is 6.54 Å². The fraction of sp³-hybridized carbons (Fsp3) is 0.190. The molecular formula is C21H20Cl2N4O3. The summed E-state index contributed by atoms with van der Waals surface area (Å²) in [4.78, 5) is 41.4. The van der Waals surface area contributed by atoms with Crippen molar-refractivity contribution in [2.75, 3.05) is 17.2 Å². The predicted octanol–water partition coefficient (Wildman–Crippen LogP) is 3.07. The third-order valence-electron chi connectivity index (χ3n) is 4.62. The number of aromatic amines is 1. The Bertz CT molecular complexity index is 1190. The lowest BCUT2D eigenvalue weighted by atomic mass is 10.1. The summed E-state index contributed by atoms with van der Waals surface area (Å²) in [6.07, 6.45) is -0.0125. The highest BCUT2D eigenvalue weighted by Crippen LogP contribution is 2.24. The number of halogens is 2. The van der Waals surface area contributed by atoms with Crippen LogP contribution in [0.25, 0.3) is 0 Å². The van der Waals surface area contributed by atoms with E-state index in [1.165, 1.54) is 9.47 Å². The molecular weight excluding hydrogens is 427 g/mol. The van der Waals surface area contributed by atoms with Crippen LogP contribution in [0.15, 0.2) is 58.1 Å². The van der Waals surface area contributed by atoms with Gasteiger partial charge in [-0.3, -0.25) is 19.1 Å². The number of hydrogen-bond donors (Lipinski definition) is 2. The smallest absolute Gasteiger partial charge is 0.330 e. The van der Waals surface area contributed by atoms with Crippen LogP contribution in [-0.2, 0) is 17.8 Å². The van der Waals surface area contributed by atoms with Gasteiger partial charge in [0.05, 0.1) is 23.0 Å². The van der Waals surface area contributed by atoms with Crippen molar-refractivity contribution >= 4 is 40.6 Å². The van der Waals surface area contributed by atoms with Crippen LogP contribution in [0.5, 0.6) is 0 Å². The van der Waals surface area contributed by atoms with Crippen molar-refractivity contribution < 1.29 is 4.79 Å². The van der Waals surface area contributed by atoms with Gasteiger partial charge in [-0.05, 0) is 30.2 Å². The highest BCUT2D eigenvalue weighted by Gasteiger charge is 2.23. The molecule has 30 heavy (non-hydrogen) atoms. The number of nitrogens with zero attached hydrogens (tertiary/aromatic N) is 2. The minimum absolute atomic E-state index is 0.0125. The van der Waals surface area contributed by atoms with Gasteiger partial charge in [-0.2, -0.15) is 0 Å². The zero-order valence-corrected chi connectivity index (χ0v) is 17.7. The number of carbonyl (C=O) groups excluding carboxylic acids is 1. The molecule has 0 aliphatic carbocycles. The van der Waals surface area contributed by atoms with E-state index < -0.39 is 11.2 Å². The number of aromatic nitrogens is 2. The number of nitrogens with two attached hydrogens (primary N) is 1. The largest absolute Gasteiger partial charge is 0.383 e. The van der Waals surface area contributed by atoms with Crippen molar-refractivity contribution in [2.24, 2.45) is 0 Å². The van der Waals surface area contributed by atoms with Gasteiger partial charge in [-0.1, -0.05) is 59.6 Å². The van der Waals surface area contributed by atoms with Gasteiger partial charge < -0.3 is 10.6 Å². The van der Waals surface area contributed by atoms with Crippen molar-refractivity contribution in [1.82, 2.24) is 9.55 Å². The normalized spacial score (nSPS) is 10.8. The Morgan fingerprint density at radius 1 is 1.07 bits per heavy atom. The fourth-order valence-corrected chi connectivity index (χ4v) is 3.46. The molecule has 0 atom stereocenters. The van der Waals surface area contributed by atoms with E-state index in [0.29, 0.717) is 15.6 Å². The number of carbonyl (C=O) groups is 1. The molecule has 3 rings (SSSR count). The van der Waals surface area contributed by atoms with E-state index in [1.54, 1.807) is 25.1 Å². The number of likely N-dealkylation sites (N-methyl/N-ethyl adjacent to an activating group) is 1. The molecule has 1 amide bonds. The summed E-state index contributed by atoms with van der Waals surface area (Å²) in [5.74, 6) is -0.435. The van der Waals surface area contributed by atoms with E-state index in [9.17, 15) is 14.4 Å². The summed E-state index contributed by atoms with van der Waals surface area (Å²) in [6, 6.07) is 14.1. The minimum atomic E-state index is -0.717. The molecule has 1 heterocycles. The van der Waals surface area contributed by atoms with Crippen LogP contribution in [0.3, 0.4) is 0 Å². The maximum Gasteiger partial charge on any atom is 0.330 e. The number of nitrogens with one attached hydrogen (secondary N) is 1. The number of nitrogen functional groups attached to an aromatic ring is 1. The number of amides is 1. The summed E-state index contributed by atoms with van der Waals surface area (Å²) in [5.41, 5.74) is 6.25. The van der Waals surface area contributed by atoms with E-state index in [-0.39, 0.29) is 36.9 Å². The maximum atomic E-state index is 13.0. The highest BCUT2D eigenvalue weighted by atomic mass is 35.5. The molecule has 0 aliphatic heterocycles. The molecule has 0 fully saturated rings. The first-order chi connectivity index (χ1) is 14.3. The van der Waals surface area contributed by atoms with E-state index in [2.05, 4.69) is 4.98 Å². The lowest BCUT2D eigenvalue weighted by Crippen LogP contribution is -2.41. The quantitative estimate of drug-likeness (QED) is 0.607. The first-order valence-electron chi connectivity index (χ1n) is 9.22. The average Bonchev–Trinajstić information content (AvgIpc) is 2.71. The van der Waals surface area contributed by atoms with Gasteiger partial charge in [-0.25, -0.2) is 4.79 Å². The molecule has 9 heteroatoms. The third kappa shape index (κ3) is 4.58. The number of rotatable bonds is 6. The SMILES string of the molecule is CCN(C(=O)Cc1ccc(Cl)c(Cl)c1)c1c(N)n(Cc2ccccc2)c(=O)[nH]c1=O. The Morgan fingerprint density at radius 2 is 1.77 bits per heavy atom.